The summed E-state index contributed by atoms with van der Waals surface area (Å²) >= 11 is 0. The average Bonchev–Trinajstić information content (AvgIpc) is 2.53. The molecule has 1 heterocycles. The SMILES string of the molecule is CNc1ccc(-c2oc3cc(C)c(C)cc3c(=O)c2O)cc1. The number of hydrogen-bond acceptors (Lipinski definition) is 4. The lowest BCUT2D eigenvalue weighted by Gasteiger charge is -2.08. The number of rotatable bonds is 2. The molecule has 0 saturated heterocycles. The lowest BCUT2D eigenvalue weighted by molar-refractivity contribution is 0.449. The van der Waals surface area contributed by atoms with E-state index in [9.17, 15) is 9.90 Å². The molecule has 3 aromatic rings. The smallest absolute Gasteiger partial charge is 0.235 e. The maximum atomic E-state index is 12.4. The molecule has 2 aromatic carbocycles. The molecule has 0 bridgehead atoms. The molecule has 0 amide bonds. The number of hydrogen-bond donors (Lipinski definition) is 2. The maximum absolute atomic E-state index is 12.4. The van der Waals surface area contributed by atoms with E-state index in [0.717, 1.165) is 16.8 Å². The van der Waals surface area contributed by atoms with Gasteiger partial charge >= 0.3 is 0 Å². The Balaban J connectivity index is 2.27. The number of fused-ring (bicyclic) bond motifs is 1. The van der Waals surface area contributed by atoms with Gasteiger partial charge in [0.15, 0.2) is 5.76 Å². The van der Waals surface area contributed by atoms with Gasteiger partial charge in [-0.2, -0.15) is 0 Å². The van der Waals surface area contributed by atoms with Crippen LogP contribution in [0.4, 0.5) is 5.69 Å². The predicted molar refractivity (Wildman–Crippen MR) is 88.6 cm³/mol. The Morgan fingerprint density at radius 3 is 2.32 bits per heavy atom. The molecule has 4 nitrogen and oxygen atoms in total. The van der Waals surface area contributed by atoms with E-state index in [-0.39, 0.29) is 11.5 Å². The molecule has 0 spiro atoms. The normalized spacial score (nSPS) is 10.9. The highest BCUT2D eigenvalue weighted by Gasteiger charge is 2.16. The largest absolute Gasteiger partial charge is 0.502 e. The molecule has 112 valence electrons. The summed E-state index contributed by atoms with van der Waals surface area (Å²) in [6.45, 7) is 3.89. The molecule has 22 heavy (non-hydrogen) atoms. The van der Waals surface area contributed by atoms with E-state index in [4.69, 9.17) is 4.42 Å². The quantitative estimate of drug-likeness (QED) is 0.754. The van der Waals surface area contributed by atoms with Crippen molar-refractivity contribution >= 4 is 16.7 Å². The molecule has 0 atom stereocenters. The Hall–Kier alpha value is -2.75. The van der Waals surface area contributed by atoms with Crippen LogP contribution in [0.3, 0.4) is 0 Å². The first-order valence-corrected chi connectivity index (χ1v) is 7.06. The highest BCUT2D eigenvalue weighted by atomic mass is 16.4. The first-order valence-electron chi connectivity index (χ1n) is 7.06. The summed E-state index contributed by atoms with van der Waals surface area (Å²) in [6.07, 6.45) is 0. The summed E-state index contributed by atoms with van der Waals surface area (Å²) in [6, 6.07) is 10.9. The first-order chi connectivity index (χ1) is 10.5. The van der Waals surface area contributed by atoms with Crippen LogP contribution < -0.4 is 10.7 Å². The minimum Gasteiger partial charge on any atom is -0.502 e. The Labute approximate surface area is 128 Å². The van der Waals surface area contributed by atoms with Crippen LogP contribution >= 0.6 is 0 Å². The van der Waals surface area contributed by atoms with Crippen molar-refractivity contribution in [1.82, 2.24) is 0 Å². The third-order valence-electron chi connectivity index (χ3n) is 3.92. The van der Waals surface area contributed by atoms with Gasteiger partial charge in [-0.05, 0) is 61.4 Å². The van der Waals surface area contributed by atoms with E-state index in [1.807, 2.05) is 39.1 Å². The molecule has 3 rings (SSSR count). The van der Waals surface area contributed by atoms with Crippen LogP contribution in [0.5, 0.6) is 5.75 Å². The van der Waals surface area contributed by atoms with Crippen LogP contribution in [0.25, 0.3) is 22.3 Å². The fourth-order valence-corrected chi connectivity index (χ4v) is 2.42. The van der Waals surface area contributed by atoms with Gasteiger partial charge in [-0.25, -0.2) is 0 Å². The van der Waals surface area contributed by atoms with Crippen molar-refractivity contribution in [3.05, 3.63) is 57.7 Å². The molecule has 0 saturated carbocycles. The lowest BCUT2D eigenvalue weighted by atomic mass is 10.0. The van der Waals surface area contributed by atoms with Crippen molar-refractivity contribution in [2.75, 3.05) is 12.4 Å². The zero-order valence-electron chi connectivity index (χ0n) is 12.7. The fraction of sp³-hybridized carbons (Fsp3) is 0.167. The van der Waals surface area contributed by atoms with E-state index in [2.05, 4.69) is 5.32 Å². The van der Waals surface area contributed by atoms with Gasteiger partial charge in [-0.15, -0.1) is 0 Å². The average molecular weight is 295 g/mol. The van der Waals surface area contributed by atoms with E-state index in [1.54, 1.807) is 18.2 Å². The first kappa shape index (κ1) is 14.2. The minimum atomic E-state index is -0.406. The van der Waals surface area contributed by atoms with Crippen LogP contribution in [0.15, 0.2) is 45.6 Å². The number of anilines is 1. The molecule has 1 aromatic heterocycles. The summed E-state index contributed by atoms with van der Waals surface area (Å²) in [5, 5.41) is 13.6. The summed E-state index contributed by atoms with van der Waals surface area (Å²) in [4.78, 5) is 12.4. The summed E-state index contributed by atoms with van der Waals surface area (Å²) < 4.78 is 5.80. The zero-order chi connectivity index (χ0) is 15.9. The molecule has 0 fully saturated rings. The Kier molecular flexibility index (Phi) is 3.37. The Bertz CT molecular complexity index is 908. The second-order valence-corrected chi connectivity index (χ2v) is 5.37. The summed E-state index contributed by atoms with van der Waals surface area (Å²) in [7, 11) is 1.83. The van der Waals surface area contributed by atoms with Crippen molar-refractivity contribution in [2.24, 2.45) is 0 Å². The molecule has 0 aliphatic carbocycles. The molecule has 0 aliphatic heterocycles. The standard InChI is InChI=1S/C18H17NO3/c1-10-8-14-15(9-11(10)2)22-18(17(21)16(14)20)12-4-6-13(19-3)7-5-12/h4-9,19,21H,1-3H3. The van der Waals surface area contributed by atoms with Gasteiger partial charge < -0.3 is 14.8 Å². The molecule has 0 unspecified atom stereocenters. The van der Waals surface area contributed by atoms with Crippen LogP contribution in [0, 0.1) is 13.8 Å². The van der Waals surface area contributed by atoms with Crippen LogP contribution in [-0.2, 0) is 0 Å². The van der Waals surface area contributed by atoms with Gasteiger partial charge in [0.2, 0.25) is 11.2 Å². The van der Waals surface area contributed by atoms with Crippen molar-refractivity contribution in [2.45, 2.75) is 13.8 Å². The van der Waals surface area contributed by atoms with Gasteiger partial charge in [-0.1, -0.05) is 0 Å². The van der Waals surface area contributed by atoms with Crippen LogP contribution in [0.2, 0.25) is 0 Å². The van der Waals surface area contributed by atoms with Crippen molar-refractivity contribution in [1.29, 1.82) is 0 Å². The third kappa shape index (κ3) is 2.22. The molecule has 2 N–H and O–H groups in total. The van der Waals surface area contributed by atoms with Gasteiger partial charge in [0.1, 0.15) is 5.58 Å². The van der Waals surface area contributed by atoms with E-state index in [1.165, 1.54) is 0 Å². The van der Waals surface area contributed by atoms with Crippen LogP contribution in [0.1, 0.15) is 11.1 Å². The predicted octanol–water partition coefficient (Wildman–Crippen LogP) is 3.82. The molecule has 4 heteroatoms. The zero-order valence-corrected chi connectivity index (χ0v) is 12.7. The number of nitrogens with one attached hydrogen (secondary N) is 1. The van der Waals surface area contributed by atoms with Gasteiger partial charge in [0, 0.05) is 18.3 Å². The van der Waals surface area contributed by atoms with E-state index < -0.39 is 5.43 Å². The minimum absolute atomic E-state index is 0.198. The number of aromatic hydroxyl groups is 1. The van der Waals surface area contributed by atoms with Gasteiger partial charge in [0.25, 0.3) is 0 Å². The Morgan fingerprint density at radius 2 is 1.68 bits per heavy atom. The van der Waals surface area contributed by atoms with Crippen molar-refractivity contribution in [3.63, 3.8) is 0 Å². The summed E-state index contributed by atoms with van der Waals surface area (Å²) in [5.41, 5.74) is 3.71. The molecule has 0 radical (unpaired) electrons. The number of benzene rings is 2. The van der Waals surface area contributed by atoms with E-state index >= 15 is 0 Å². The van der Waals surface area contributed by atoms with Crippen LogP contribution in [-0.4, -0.2) is 12.2 Å². The van der Waals surface area contributed by atoms with Gasteiger partial charge in [0.05, 0.1) is 5.39 Å². The van der Waals surface area contributed by atoms with E-state index in [0.29, 0.717) is 16.5 Å². The Morgan fingerprint density at radius 1 is 1.05 bits per heavy atom. The monoisotopic (exact) mass is 295 g/mol. The lowest BCUT2D eigenvalue weighted by Crippen LogP contribution is -2.03. The summed E-state index contributed by atoms with van der Waals surface area (Å²) in [5.74, 6) is -0.156. The molecular weight excluding hydrogens is 278 g/mol. The maximum Gasteiger partial charge on any atom is 0.235 e. The van der Waals surface area contributed by atoms with Gasteiger partial charge in [-0.3, -0.25) is 4.79 Å². The topological polar surface area (TPSA) is 62.5 Å². The highest BCUT2D eigenvalue weighted by Crippen LogP contribution is 2.31. The van der Waals surface area contributed by atoms with Crippen molar-refractivity contribution < 1.29 is 9.52 Å². The second kappa shape index (κ2) is 5.22. The highest BCUT2D eigenvalue weighted by molar-refractivity contribution is 5.83. The second-order valence-electron chi connectivity index (χ2n) is 5.37. The number of aryl methyl sites for hydroxylation is 2. The molecule has 0 aliphatic rings. The molecular formula is C18H17NO3. The fourth-order valence-electron chi connectivity index (χ4n) is 2.42. The third-order valence-corrected chi connectivity index (χ3v) is 3.92. The van der Waals surface area contributed by atoms with Crippen molar-refractivity contribution in [3.8, 4) is 17.1 Å².